The Morgan fingerprint density at radius 1 is 1.12 bits per heavy atom. The first-order valence-corrected chi connectivity index (χ1v) is 7.86. The number of carbonyl (C=O) groups excluding carboxylic acids is 2. The smallest absolute Gasteiger partial charge is 0.412 e. The molecular formula is C19H16FNO5. The number of nitrogens with two attached hydrogens (primary N) is 1. The fraction of sp³-hybridized carbons (Fsp3) is 0.158. The Labute approximate surface area is 148 Å². The van der Waals surface area contributed by atoms with E-state index in [1.807, 2.05) is 13.8 Å². The molecule has 134 valence electrons. The molecule has 7 heteroatoms. The highest BCUT2D eigenvalue weighted by molar-refractivity contribution is 6.11. The summed E-state index contributed by atoms with van der Waals surface area (Å²) in [5.41, 5.74) is 5.81. The molecular weight excluding hydrogens is 341 g/mol. The highest BCUT2D eigenvalue weighted by Crippen LogP contribution is 2.36. The van der Waals surface area contributed by atoms with E-state index in [-0.39, 0.29) is 17.4 Å². The van der Waals surface area contributed by atoms with Crippen molar-refractivity contribution in [2.75, 3.05) is 0 Å². The van der Waals surface area contributed by atoms with Crippen LogP contribution in [0.25, 0.3) is 22.3 Å². The lowest BCUT2D eigenvalue weighted by molar-refractivity contribution is 0.0640. The zero-order chi connectivity index (χ0) is 18.8. The quantitative estimate of drug-likeness (QED) is 0.556. The van der Waals surface area contributed by atoms with Crippen LogP contribution in [0.15, 0.2) is 46.9 Å². The molecule has 0 aliphatic heterocycles. The van der Waals surface area contributed by atoms with Gasteiger partial charge in [0, 0.05) is 10.9 Å². The Balaban J connectivity index is 2.20. The van der Waals surface area contributed by atoms with Gasteiger partial charge in [-0.3, -0.25) is 0 Å². The number of ether oxygens (including phenoxy) is 2. The van der Waals surface area contributed by atoms with Gasteiger partial charge in [-0.2, -0.15) is 0 Å². The first-order valence-electron chi connectivity index (χ1n) is 7.86. The number of furan rings is 1. The lowest BCUT2D eigenvalue weighted by Crippen LogP contribution is -2.18. The number of benzene rings is 2. The van der Waals surface area contributed by atoms with E-state index in [0.717, 1.165) is 0 Å². The molecule has 0 unspecified atom stereocenters. The van der Waals surface area contributed by atoms with Crippen molar-refractivity contribution in [3.8, 4) is 17.1 Å². The SMILES string of the molecule is CC(C)Oc1ccc2oc(-c3ccc(F)cc3)c(C(=O)OC(N)=O)c2c1. The van der Waals surface area contributed by atoms with E-state index in [2.05, 4.69) is 4.74 Å². The number of carbonyl (C=O) groups is 2. The Morgan fingerprint density at radius 2 is 1.81 bits per heavy atom. The molecule has 0 radical (unpaired) electrons. The Morgan fingerprint density at radius 3 is 2.42 bits per heavy atom. The van der Waals surface area contributed by atoms with E-state index in [1.165, 1.54) is 24.3 Å². The maximum absolute atomic E-state index is 13.2. The standard InChI is InChI=1S/C19H16FNO5/c1-10(2)24-13-7-8-15-14(9-13)16(18(22)26-19(21)23)17(25-15)11-3-5-12(20)6-4-11/h3-10H,1-2H3,(H2,21,23). The zero-order valence-corrected chi connectivity index (χ0v) is 14.1. The fourth-order valence-electron chi connectivity index (χ4n) is 2.57. The van der Waals surface area contributed by atoms with Crippen LogP contribution in [0.4, 0.5) is 9.18 Å². The van der Waals surface area contributed by atoms with Crippen molar-refractivity contribution in [2.24, 2.45) is 5.73 Å². The van der Waals surface area contributed by atoms with Gasteiger partial charge >= 0.3 is 12.1 Å². The average molecular weight is 357 g/mol. The summed E-state index contributed by atoms with van der Waals surface area (Å²) >= 11 is 0. The predicted octanol–water partition coefficient (Wildman–Crippen LogP) is 4.26. The summed E-state index contributed by atoms with van der Waals surface area (Å²) in [6.45, 7) is 3.73. The third-order valence-corrected chi connectivity index (χ3v) is 3.54. The summed E-state index contributed by atoms with van der Waals surface area (Å²) in [6.07, 6.45) is -1.30. The lowest BCUT2D eigenvalue weighted by atomic mass is 10.1. The van der Waals surface area contributed by atoms with Gasteiger partial charge in [0.05, 0.1) is 6.10 Å². The van der Waals surface area contributed by atoms with Crippen molar-refractivity contribution in [3.63, 3.8) is 0 Å². The molecule has 0 aliphatic rings. The minimum absolute atomic E-state index is 0.0135. The maximum Gasteiger partial charge on any atom is 0.412 e. The number of rotatable bonds is 4. The number of halogens is 1. The Hall–Kier alpha value is -3.35. The molecule has 1 heterocycles. The molecule has 1 aromatic heterocycles. The summed E-state index contributed by atoms with van der Waals surface area (Å²) < 4.78 is 29.1. The van der Waals surface area contributed by atoms with Gasteiger partial charge in [0.2, 0.25) is 0 Å². The summed E-state index contributed by atoms with van der Waals surface area (Å²) in [4.78, 5) is 23.4. The van der Waals surface area contributed by atoms with Crippen LogP contribution in [-0.4, -0.2) is 18.2 Å². The molecule has 6 nitrogen and oxygen atoms in total. The summed E-state index contributed by atoms with van der Waals surface area (Å²) in [5, 5.41) is 0.397. The molecule has 0 aliphatic carbocycles. The minimum atomic E-state index is -1.23. The molecule has 3 rings (SSSR count). The topological polar surface area (TPSA) is 91.8 Å². The van der Waals surface area contributed by atoms with Crippen molar-refractivity contribution in [1.29, 1.82) is 0 Å². The third-order valence-electron chi connectivity index (χ3n) is 3.54. The van der Waals surface area contributed by atoms with Crippen molar-refractivity contribution >= 4 is 23.0 Å². The highest BCUT2D eigenvalue weighted by Gasteiger charge is 2.25. The van der Waals surface area contributed by atoms with Crippen LogP contribution in [0.5, 0.6) is 5.75 Å². The third kappa shape index (κ3) is 3.51. The van der Waals surface area contributed by atoms with Crippen LogP contribution in [0.2, 0.25) is 0 Å². The summed E-state index contributed by atoms with van der Waals surface area (Å²) in [6, 6.07) is 10.3. The monoisotopic (exact) mass is 357 g/mol. The average Bonchev–Trinajstić information content (AvgIpc) is 2.93. The number of esters is 1. The van der Waals surface area contributed by atoms with E-state index < -0.39 is 17.9 Å². The van der Waals surface area contributed by atoms with E-state index in [4.69, 9.17) is 14.9 Å². The second-order valence-electron chi connectivity index (χ2n) is 5.85. The first kappa shape index (κ1) is 17.5. The molecule has 2 aromatic carbocycles. The van der Waals surface area contributed by atoms with Crippen molar-refractivity contribution in [3.05, 3.63) is 53.8 Å². The van der Waals surface area contributed by atoms with Gasteiger partial charge in [-0.25, -0.2) is 14.0 Å². The van der Waals surface area contributed by atoms with Gasteiger partial charge in [0.25, 0.3) is 0 Å². The van der Waals surface area contributed by atoms with E-state index >= 15 is 0 Å². The zero-order valence-electron chi connectivity index (χ0n) is 14.1. The van der Waals surface area contributed by atoms with E-state index in [1.54, 1.807) is 18.2 Å². The van der Waals surface area contributed by atoms with Gasteiger partial charge in [0.1, 0.15) is 28.5 Å². The second-order valence-corrected chi connectivity index (χ2v) is 5.85. The van der Waals surface area contributed by atoms with Crippen LogP contribution in [0.1, 0.15) is 24.2 Å². The van der Waals surface area contributed by atoms with Crippen LogP contribution in [0.3, 0.4) is 0 Å². The first-order chi connectivity index (χ1) is 12.3. The van der Waals surface area contributed by atoms with Crippen LogP contribution in [0, 0.1) is 5.82 Å². The van der Waals surface area contributed by atoms with E-state index in [9.17, 15) is 14.0 Å². The largest absolute Gasteiger partial charge is 0.491 e. The molecule has 0 saturated heterocycles. The predicted molar refractivity (Wildman–Crippen MR) is 92.4 cm³/mol. The highest BCUT2D eigenvalue weighted by atomic mass is 19.1. The second kappa shape index (κ2) is 6.87. The number of fused-ring (bicyclic) bond motifs is 1. The molecule has 0 fully saturated rings. The van der Waals surface area contributed by atoms with Gasteiger partial charge in [-0.05, 0) is 56.3 Å². The Bertz CT molecular complexity index is 976. The van der Waals surface area contributed by atoms with Crippen LogP contribution < -0.4 is 10.5 Å². The number of amides is 1. The normalized spacial score (nSPS) is 10.9. The van der Waals surface area contributed by atoms with Gasteiger partial charge in [-0.1, -0.05) is 0 Å². The molecule has 0 saturated carbocycles. The molecule has 0 spiro atoms. The molecule has 3 aromatic rings. The lowest BCUT2D eigenvalue weighted by Gasteiger charge is -2.09. The molecule has 0 bridgehead atoms. The van der Waals surface area contributed by atoms with Crippen molar-refractivity contribution in [1.82, 2.24) is 0 Å². The Kier molecular flexibility index (Phi) is 4.62. The van der Waals surface area contributed by atoms with Gasteiger partial charge < -0.3 is 19.6 Å². The molecule has 2 N–H and O–H groups in total. The summed E-state index contributed by atoms with van der Waals surface area (Å²) in [7, 11) is 0. The molecule has 26 heavy (non-hydrogen) atoms. The van der Waals surface area contributed by atoms with Crippen molar-refractivity contribution < 1.29 is 27.9 Å². The van der Waals surface area contributed by atoms with Gasteiger partial charge in [0.15, 0.2) is 0 Å². The van der Waals surface area contributed by atoms with Crippen molar-refractivity contribution in [2.45, 2.75) is 20.0 Å². The summed E-state index contributed by atoms with van der Waals surface area (Å²) in [5.74, 6) is -0.726. The van der Waals surface area contributed by atoms with Crippen LogP contribution >= 0.6 is 0 Å². The minimum Gasteiger partial charge on any atom is -0.491 e. The van der Waals surface area contributed by atoms with Crippen LogP contribution in [-0.2, 0) is 4.74 Å². The maximum atomic E-state index is 13.2. The number of hydrogen-bond acceptors (Lipinski definition) is 5. The molecule has 0 atom stereocenters. The number of hydrogen-bond donors (Lipinski definition) is 1. The van der Waals surface area contributed by atoms with Gasteiger partial charge in [-0.15, -0.1) is 0 Å². The fourth-order valence-corrected chi connectivity index (χ4v) is 2.57. The molecule has 1 amide bonds. The van der Waals surface area contributed by atoms with E-state index in [0.29, 0.717) is 22.3 Å². The number of primary amides is 1.